The highest BCUT2D eigenvalue weighted by atomic mass is 16.2. The molecule has 1 rings (SSSR count). The molecule has 1 unspecified atom stereocenters. The van der Waals surface area contributed by atoms with Crippen LogP contribution in [0.2, 0.25) is 0 Å². The maximum Gasteiger partial charge on any atom is 0.237 e. The molecule has 3 N–H and O–H groups in total. The number of nitrogens with two attached hydrogens (primary N) is 1. The Balaban J connectivity index is 2.28. The van der Waals surface area contributed by atoms with E-state index in [1.54, 1.807) is 0 Å². The van der Waals surface area contributed by atoms with Gasteiger partial charge in [-0.1, -0.05) is 20.8 Å². The molecule has 106 valence electrons. The maximum atomic E-state index is 11.8. The molecule has 2 atom stereocenters. The quantitative estimate of drug-likeness (QED) is 0.776. The summed E-state index contributed by atoms with van der Waals surface area (Å²) in [5.41, 5.74) is 5.82. The van der Waals surface area contributed by atoms with E-state index >= 15 is 0 Å². The summed E-state index contributed by atoms with van der Waals surface area (Å²) in [7, 11) is 0. The molecule has 0 radical (unpaired) electrons. The SMILES string of the molecule is CC1CCN(C(C)CNC(=O)[C@@H](N)C(C)C)CC1. The lowest BCUT2D eigenvalue weighted by atomic mass is 9.98. The molecule has 4 nitrogen and oxygen atoms in total. The molecular weight excluding hydrogens is 226 g/mol. The average Bonchev–Trinajstić information content (AvgIpc) is 2.35. The second-order valence-corrected chi connectivity index (χ2v) is 6.08. The predicted molar refractivity (Wildman–Crippen MR) is 75.3 cm³/mol. The number of hydrogen-bond acceptors (Lipinski definition) is 3. The Hall–Kier alpha value is -0.610. The van der Waals surface area contributed by atoms with Crippen LogP contribution in [0.4, 0.5) is 0 Å². The van der Waals surface area contributed by atoms with E-state index < -0.39 is 6.04 Å². The first-order chi connectivity index (χ1) is 8.41. The van der Waals surface area contributed by atoms with E-state index in [1.807, 2.05) is 13.8 Å². The number of likely N-dealkylation sites (tertiary alicyclic amines) is 1. The van der Waals surface area contributed by atoms with Crippen molar-refractivity contribution in [2.75, 3.05) is 19.6 Å². The van der Waals surface area contributed by atoms with Gasteiger partial charge >= 0.3 is 0 Å². The number of hydrogen-bond donors (Lipinski definition) is 2. The largest absolute Gasteiger partial charge is 0.353 e. The molecule has 18 heavy (non-hydrogen) atoms. The van der Waals surface area contributed by atoms with Gasteiger partial charge in [-0.2, -0.15) is 0 Å². The van der Waals surface area contributed by atoms with E-state index in [0.717, 1.165) is 19.0 Å². The van der Waals surface area contributed by atoms with Crippen molar-refractivity contribution in [1.82, 2.24) is 10.2 Å². The van der Waals surface area contributed by atoms with Gasteiger partial charge in [0.2, 0.25) is 5.91 Å². The Bertz CT molecular complexity index is 260. The van der Waals surface area contributed by atoms with Crippen LogP contribution in [0.3, 0.4) is 0 Å². The summed E-state index contributed by atoms with van der Waals surface area (Å²) in [5.74, 6) is 1.01. The lowest BCUT2D eigenvalue weighted by Gasteiger charge is -2.35. The number of carbonyl (C=O) groups is 1. The topological polar surface area (TPSA) is 58.4 Å². The summed E-state index contributed by atoms with van der Waals surface area (Å²) in [4.78, 5) is 14.2. The number of rotatable bonds is 5. The molecule has 0 bridgehead atoms. The van der Waals surface area contributed by atoms with Crippen molar-refractivity contribution in [3.63, 3.8) is 0 Å². The van der Waals surface area contributed by atoms with Crippen molar-refractivity contribution < 1.29 is 4.79 Å². The fourth-order valence-electron chi connectivity index (χ4n) is 2.27. The predicted octanol–water partition coefficient (Wildman–Crippen LogP) is 1.21. The first-order valence-electron chi connectivity index (χ1n) is 7.19. The minimum Gasteiger partial charge on any atom is -0.353 e. The van der Waals surface area contributed by atoms with Gasteiger partial charge < -0.3 is 11.1 Å². The Morgan fingerprint density at radius 1 is 1.33 bits per heavy atom. The molecule has 1 aliphatic heterocycles. The molecule has 1 heterocycles. The Morgan fingerprint density at radius 3 is 2.39 bits per heavy atom. The highest BCUT2D eigenvalue weighted by Gasteiger charge is 2.22. The van der Waals surface area contributed by atoms with Crippen LogP contribution in [0.25, 0.3) is 0 Å². The van der Waals surface area contributed by atoms with Crippen molar-refractivity contribution in [3.05, 3.63) is 0 Å². The molecule has 0 aromatic carbocycles. The van der Waals surface area contributed by atoms with Gasteiger partial charge in [-0.3, -0.25) is 9.69 Å². The lowest BCUT2D eigenvalue weighted by molar-refractivity contribution is -0.123. The molecule has 4 heteroatoms. The normalized spacial score (nSPS) is 21.9. The smallest absolute Gasteiger partial charge is 0.237 e. The Morgan fingerprint density at radius 2 is 1.89 bits per heavy atom. The molecule has 0 saturated carbocycles. The van der Waals surface area contributed by atoms with E-state index in [4.69, 9.17) is 5.73 Å². The summed E-state index contributed by atoms with van der Waals surface area (Å²) in [6, 6.07) is 0.0133. The first kappa shape index (κ1) is 15.4. The zero-order chi connectivity index (χ0) is 13.7. The third kappa shape index (κ3) is 4.58. The molecule has 0 aromatic heterocycles. The molecule has 0 aliphatic carbocycles. The maximum absolute atomic E-state index is 11.8. The van der Waals surface area contributed by atoms with Crippen LogP contribution in [-0.2, 0) is 4.79 Å². The van der Waals surface area contributed by atoms with E-state index in [-0.39, 0.29) is 11.8 Å². The molecular formula is C14H29N3O. The minimum atomic E-state index is -0.390. The van der Waals surface area contributed by atoms with Crippen molar-refractivity contribution in [1.29, 1.82) is 0 Å². The van der Waals surface area contributed by atoms with Gasteiger partial charge in [-0.05, 0) is 44.7 Å². The fourth-order valence-corrected chi connectivity index (χ4v) is 2.27. The highest BCUT2D eigenvalue weighted by Crippen LogP contribution is 2.17. The standard InChI is InChI=1S/C14H29N3O/c1-10(2)13(15)14(18)16-9-12(4)17-7-5-11(3)6-8-17/h10-13H,5-9,15H2,1-4H3,(H,16,18)/t12?,13-/m0/s1. The second-order valence-electron chi connectivity index (χ2n) is 6.08. The summed E-state index contributed by atoms with van der Waals surface area (Å²) >= 11 is 0. The fraction of sp³-hybridized carbons (Fsp3) is 0.929. The summed E-state index contributed by atoms with van der Waals surface area (Å²) in [6.45, 7) is 11.4. The number of nitrogens with zero attached hydrogens (tertiary/aromatic N) is 1. The lowest BCUT2D eigenvalue weighted by Crippen LogP contribution is -2.50. The highest BCUT2D eigenvalue weighted by molar-refractivity contribution is 5.81. The third-order valence-electron chi connectivity index (χ3n) is 4.03. The van der Waals surface area contributed by atoms with Crippen LogP contribution in [0.15, 0.2) is 0 Å². The summed E-state index contributed by atoms with van der Waals surface area (Å²) in [6.07, 6.45) is 2.54. The van der Waals surface area contributed by atoms with E-state index in [2.05, 4.69) is 24.1 Å². The zero-order valence-corrected chi connectivity index (χ0v) is 12.3. The molecule has 0 spiro atoms. The van der Waals surface area contributed by atoms with Crippen LogP contribution >= 0.6 is 0 Å². The van der Waals surface area contributed by atoms with Crippen molar-refractivity contribution in [3.8, 4) is 0 Å². The van der Waals surface area contributed by atoms with Crippen LogP contribution in [0, 0.1) is 11.8 Å². The number of carbonyl (C=O) groups excluding carboxylic acids is 1. The monoisotopic (exact) mass is 255 g/mol. The number of amides is 1. The van der Waals surface area contributed by atoms with Crippen molar-refractivity contribution in [2.45, 2.75) is 52.6 Å². The van der Waals surface area contributed by atoms with Crippen LogP contribution in [0.1, 0.15) is 40.5 Å². The van der Waals surface area contributed by atoms with Crippen LogP contribution < -0.4 is 11.1 Å². The number of piperidine rings is 1. The molecule has 1 amide bonds. The third-order valence-corrected chi connectivity index (χ3v) is 4.03. The van der Waals surface area contributed by atoms with Crippen LogP contribution in [0.5, 0.6) is 0 Å². The molecule has 1 aliphatic rings. The van der Waals surface area contributed by atoms with Gasteiger partial charge in [-0.25, -0.2) is 0 Å². The van der Waals surface area contributed by atoms with Gasteiger partial charge in [0.15, 0.2) is 0 Å². The van der Waals surface area contributed by atoms with Crippen molar-refractivity contribution >= 4 is 5.91 Å². The van der Waals surface area contributed by atoms with E-state index in [9.17, 15) is 4.79 Å². The average molecular weight is 255 g/mol. The minimum absolute atomic E-state index is 0.0257. The Kier molecular flexibility index (Phi) is 6.09. The van der Waals surface area contributed by atoms with Crippen molar-refractivity contribution in [2.24, 2.45) is 17.6 Å². The van der Waals surface area contributed by atoms with Gasteiger partial charge in [0, 0.05) is 12.6 Å². The first-order valence-corrected chi connectivity index (χ1v) is 7.19. The van der Waals surface area contributed by atoms with E-state index in [1.165, 1.54) is 12.8 Å². The van der Waals surface area contributed by atoms with Gasteiger partial charge in [0.05, 0.1) is 6.04 Å². The molecule has 0 aromatic rings. The van der Waals surface area contributed by atoms with Gasteiger partial charge in [0.1, 0.15) is 0 Å². The second kappa shape index (κ2) is 7.10. The van der Waals surface area contributed by atoms with Crippen LogP contribution in [-0.4, -0.2) is 42.5 Å². The zero-order valence-electron chi connectivity index (χ0n) is 12.3. The molecule has 1 fully saturated rings. The molecule has 1 saturated heterocycles. The van der Waals surface area contributed by atoms with Gasteiger partial charge in [0.25, 0.3) is 0 Å². The summed E-state index contributed by atoms with van der Waals surface area (Å²) in [5, 5.41) is 2.97. The number of nitrogens with one attached hydrogen (secondary N) is 1. The Labute approximate surface area is 111 Å². The summed E-state index contributed by atoms with van der Waals surface area (Å²) < 4.78 is 0. The van der Waals surface area contributed by atoms with E-state index in [0.29, 0.717) is 12.6 Å². The van der Waals surface area contributed by atoms with Gasteiger partial charge in [-0.15, -0.1) is 0 Å².